The number of carboxylic acid groups (broad SMARTS) is 1. The minimum absolute atomic E-state index is 0.292. The number of methoxy groups -OCH3 is 2. The molecule has 0 aliphatic heterocycles. The smallest absolute Gasteiger partial charge is 0.338 e. The van der Waals surface area contributed by atoms with Crippen molar-refractivity contribution in [2.24, 2.45) is 0 Å². The van der Waals surface area contributed by atoms with Gasteiger partial charge in [0.1, 0.15) is 0 Å². The lowest BCUT2D eigenvalue weighted by Crippen LogP contribution is -2.04. The molecule has 0 aromatic heterocycles. The third-order valence-electron chi connectivity index (χ3n) is 4.63. The number of esters is 2. The summed E-state index contributed by atoms with van der Waals surface area (Å²) in [6, 6.07) is 16.0. The lowest BCUT2D eigenvalue weighted by molar-refractivity contribution is 0.0591. The molecule has 3 aromatic carbocycles. The molecule has 6 nitrogen and oxygen atoms in total. The minimum Gasteiger partial charge on any atom is -0.478 e. The van der Waals surface area contributed by atoms with Gasteiger partial charge in [0, 0.05) is 18.7 Å². The van der Waals surface area contributed by atoms with E-state index < -0.39 is 5.97 Å². The summed E-state index contributed by atoms with van der Waals surface area (Å²) in [7, 11) is 2.76. The van der Waals surface area contributed by atoms with Gasteiger partial charge in [0.2, 0.25) is 0 Å². The van der Waals surface area contributed by atoms with E-state index in [0.29, 0.717) is 22.0 Å². The number of alkyl halides is 1. The lowest BCUT2D eigenvalue weighted by atomic mass is 10.1. The van der Waals surface area contributed by atoms with Crippen molar-refractivity contribution in [2.75, 3.05) is 14.2 Å². The van der Waals surface area contributed by atoms with Crippen LogP contribution in [0.15, 0.2) is 68.0 Å². The number of carbonyl (C=O) groups excluding carboxylic acids is 2. The number of hydrogen-bond donors (Lipinski definition) is 1. The van der Waals surface area contributed by atoms with E-state index in [1.807, 2.05) is 31.2 Å². The Balaban J connectivity index is 0.000000271. The van der Waals surface area contributed by atoms with Crippen LogP contribution < -0.4 is 0 Å². The monoisotopic (exact) mass is 748 g/mol. The van der Waals surface area contributed by atoms with Crippen molar-refractivity contribution >= 4 is 81.6 Å². The summed E-state index contributed by atoms with van der Waals surface area (Å²) in [5.74, 6) is -1.48. The van der Waals surface area contributed by atoms with Crippen molar-refractivity contribution in [3.8, 4) is 0 Å². The highest BCUT2D eigenvalue weighted by Gasteiger charge is 2.10. The fourth-order valence-electron chi connectivity index (χ4n) is 2.82. The lowest BCUT2D eigenvalue weighted by Gasteiger charge is -2.04. The summed E-state index contributed by atoms with van der Waals surface area (Å²) >= 11 is 13.2. The molecule has 0 heterocycles. The highest BCUT2D eigenvalue weighted by atomic mass is 79.9. The molecule has 192 valence electrons. The topological polar surface area (TPSA) is 89.9 Å². The molecule has 0 saturated heterocycles. The third-order valence-corrected chi connectivity index (χ3v) is 6.71. The molecule has 0 aliphatic carbocycles. The Morgan fingerprint density at radius 3 is 1.47 bits per heavy atom. The van der Waals surface area contributed by atoms with Gasteiger partial charge < -0.3 is 14.6 Å². The van der Waals surface area contributed by atoms with Crippen LogP contribution >= 0.6 is 63.7 Å². The van der Waals surface area contributed by atoms with Crippen LogP contribution in [0.5, 0.6) is 0 Å². The molecular formula is C26H24Br4O6. The summed E-state index contributed by atoms with van der Waals surface area (Å²) in [5, 5.41) is 9.28. The van der Waals surface area contributed by atoms with E-state index in [9.17, 15) is 14.4 Å². The second-order valence-corrected chi connectivity index (χ2v) is 10.4. The number of halogens is 4. The van der Waals surface area contributed by atoms with Crippen molar-refractivity contribution in [3.63, 3.8) is 0 Å². The average molecular weight is 752 g/mol. The van der Waals surface area contributed by atoms with E-state index in [0.717, 1.165) is 30.1 Å². The van der Waals surface area contributed by atoms with Gasteiger partial charge in [0.25, 0.3) is 0 Å². The van der Waals surface area contributed by atoms with Crippen LogP contribution in [0.3, 0.4) is 0 Å². The van der Waals surface area contributed by atoms with Gasteiger partial charge in [-0.05, 0) is 85.1 Å². The van der Waals surface area contributed by atoms with Gasteiger partial charge in [0.05, 0.1) is 30.9 Å². The Morgan fingerprint density at radius 1 is 0.694 bits per heavy atom. The van der Waals surface area contributed by atoms with Gasteiger partial charge in [-0.15, -0.1) is 0 Å². The number of hydrogen-bond acceptors (Lipinski definition) is 5. The third kappa shape index (κ3) is 10.2. The first kappa shape index (κ1) is 32.0. The van der Waals surface area contributed by atoms with E-state index in [2.05, 4.69) is 73.2 Å². The minimum atomic E-state index is -0.880. The second kappa shape index (κ2) is 16.0. The fourth-order valence-corrected chi connectivity index (χ4v) is 4.64. The highest BCUT2D eigenvalue weighted by molar-refractivity contribution is 9.11. The second-order valence-electron chi connectivity index (χ2n) is 7.14. The largest absolute Gasteiger partial charge is 0.478 e. The number of carboxylic acids is 1. The van der Waals surface area contributed by atoms with Gasteiger partial charge in [-0.1, -0.05) is 63.7 Å². The molecule has 3 rings (SSSR count). The Hall–Kier alpha value is -2.01. The van der Waals surface area contributed by atoms with Gasteiger partial charge in [-0.25, -0.2) is 14.4 Å². The summed E-state index contributed by atoms with van der Waals surface area (Å²) in [5.41, 5.74) is 4.17. The summed E-state index contributed by atoms with van der Waals surface area (Å²) in [4.78, 5) is 32.9. The summed E-state index contributed by atoms with van der Waals surface area (Å²) in [6.07, 6.45) is 0. The van der Waals surface area contributed by atoms with E-state index >= 15 is 0 Å². The van der Waals surface area contributed by atoms with Crippen molar-refractivity contribution in [3.05, 3.63) is 101 Å². The van der Waals surface area contributed by atoms with Gasteiger partial charge in [0.15, 0.2) is 0 Å². The number of ether oxygens (including phenoxy) is 2. The molecule has 0 spiro atoms. The Bertz CT molecular complexity index is 1230. The van der Waals surface area contributed by atoms with Crippen LogP contribution in [-0.2, 0) is 14.8 Å². The molecule has 1 N–H and O–H groups in total. The predicted octanol–water partition coefficient (Wildman–Crippen LogP) is 8.13. The zero-order chi connectivity index (χ0) is 27.4. The molecule has 0 radical (unpaired) electrons. The maximum absolute atomic E-state index is 11.2. The summed E-state index contributed by atoms with van der Waals surface area (Å²) < 4.78 is 12.1. The maximum Gasteiger partial charge on any atom is 0.338 e. The van der Waals surface area contributed by atoms with Gasteiger partial charge >= 0.3 is 17.9 Å². The normalized spacial score (nSPS) is 9.67. The number of carbonyl (C=O) groups is 3. The number of aromatic carboxylic acids is 1. The molecule has 0 unspecified atom stereocenters. The standard InChI is InChI=1S/C9H8Br2O2.C9H9BrO2.C8H7BrO2/c1-13-9(12)8-3-2-7(11)4-6(8)5-10;1-6-5-7(10)3-4-8(6)9(11)12-2;1-5-4-6(9)2-3-7(5)8(10)11/h2-4H,5H2,1H3;3-5H,1-2H3;2-4H,1H3,(H,10,11). The van der Waals surface area contributed by atoms with Gasteiger partial charge in [-0.2, -0.15) is 0 Å². The summed E-state index contributed by atoms with van der Waals surface area (Å²) in [6.45, 7) is 3.64. The van der Waals surface area contributed by atoms with Crippen molar-refractivity contribution < 1.29 is 29.0 Å². The number of benzene rings is 3. The Kier molecular flexibility index (Phi) is 14.2. The van der Waals surface area contributed by atoms with E-state index in [1.165, 1.54) is 14.2 Å². The zero-order valence-corrected chi connectivity index (χ0v) is 26.2. The van der Waals surface area contributed by atoms with Crippen LogP contribution in [0.4, 0.5) is 0 Å². The van der Waals surface area contributed by atoms with Gasteiger partial charge in [-0.3, -0.25) is 0 Å². The zero-order valence-electron chi connectivity index (χ0n) is 19.9. The first-order valence-electron chi connectivity index (χ1n) is 10.2. The van der Waals surface area contributed by atoms with Crippen LogP contribution in [-0.4, -0.2) is 37.2 Å². The van der Waals surface area contributed by atoms with E-state index in [4.69, 9.17) is 5.11 Å². The molecule has 0 amide bonds. The SMILES string of the molecule is COC(=O)c1ccc(Br)cc1C.COC(=O)c1ccc(Br)cc1CBr.Cc1cc(Br)ccc1C(=O)O. The van der Waals surface area contributed by atoms with E-state index in [-0.39, 0.29) is 11.9 Å². The molecule has 0 bridgehead atoms. The van der Waals surface area contributed by atoms with Crippen molar-refractivity contribution in [2.45, 2.75) is 19.2 Å². The molecule has 0 atom stereocenters. The molecule has 0 fully saturated rings. The molecule has 0 saturated carbocycles. The predicted molar refractivity (Wildman–Crippen MR) is 154 cm³/mol. The molecular weight excluding hydrogens is 728 g/mol. The molecule has 0 aliphatic rings. The fraction of sp³-hybridized carbons (Fsp3) is 0.192. The average Bonchev–Trinajstić information content (AvgIpc) is 2.83. The van der Waals surface area contributed by atoms with Crippen LogP contribution in [0.2, 0.25) is 0 Å². The number of rotatable bonds is 4. The molecule has 3 aromatic rings. The first-order valence-corrected chi connectivity index (χ1v) is 13.7. The van der Waals surface area contributed by atoms with Crippen LogP contribution in [0, 0.1) is 13.8 Å². The van der Waals surface area contributed by atoms with Crippen molar-refractivity contribution in [1.29, 1.82) is 0 Å². The van der Waals surface area contributed by atoms with E-state index in [1.54, 1.807) is 37.3 Å². The van der Waals surface area contributed by atoms with Crippen LogP contribution in [0.25, 0.3) is 0 Å². The van der Waals surface area contributed by atoms with Crippen molar-refractivity contribution in [1.82, 2.24) is 0 Å². The Labute approximate surface area is 243 Å². The molecule has 10 heteroatoms. The maximum atomic E-state index is 11.2. The first-order chi connectivity index (χ1) is 16.9. The quantitative estimate of drug-likeness (QED) is 0.214. The Morgan fingerprint density at radius 2 is 1.08 bits per heavy atom. The highest BCUT2D eigenvalue weighted by Crippen LogP contribution is 2.20. The van der Waals surface area contributed by atoms with Crippen LogP contribution in [0.1, 0.15) is 47.8 Å². The number of aryl methyl sites for hydroxylation is 2. The molecule has 36 heavy (non-hydrogen) atoms.